The van der Waals surface area contributed by atoms with Crippen LogP contribution < -0.4 is 5.32 Å². The molecule has 2 aromatic rings. The summed E-state index contributed by atoms with van der Waals surface area (Å²) >= 11 is 1.89. The van der Waals surface area contributed by atoms with Crippen LogP contribution in [0, 0.1) is 6.92 Å². The minimum Gasteiger partial charge on any atom is -0.385 e. The number of thioether (sulfide) groups is 1. The minimum absolute atomic E-state index is 0.967. The number of aromatic nitrogens is 2. The lowest BCUT2D eigenvalue weighted by molar-refractivity contribution is 0.994. The van der Waals surface area contributed by atoms with E-state index >= 15 is 0 Å². The van der Waals surface area contributed by atoms with E-state index in [-0.39, 0.29) is 0 Å². The minimum atomic E-state index is 0.967. The molecule has 0 spiro atoms. The molecule has 0 saturated heterocycles. The van der Waals surface area contributed by atoms with E-state index in [4.69, 9.17) is 0 Å². The number of imidazole rings is 1. The van der Waals surface area contributed by atoms with Crippen molar-refractivity contribution in [2.45, 2.75) is 13.3 Å². The third-order valence-corrected chi connectivity index (χ3v) is 3.15. The van der Waals surface area contributed by atoms with Gasteiger partial charge in [0.1, 0.15) is 5.82 Å². The Morgan fingerprint density at radius 2 is 2.31 bits per heavy atom. The van der Waals surface area contributed by atoms with Crippen molar-refractivity contribution in [1.29, 1.82) is 0 Å². The van der Waals surface area contributed by atoms with E-state index in [1.165, 1.54) is 12.2 Å². The smallest absolute Gasteiger partial charge is 0.104 e. The van der Waals surface area contributed by atoms with E-state index in [1.807, 2.05) is 18.7 Å². The molecule has 0 aliphatic rings. The monoisotopic (exact) mass is 235 g/mol. The summed E-state index contributed by atoms with van der Waals surface area (Å²) in [5, 5.41) is 3.42. The normalized spacial score (nSPS) is 10.9. The van der Waals surface area contributed by atoms with Crippen LogP contribution in [0.4, 0.5) is 5.69 Å². The molecule has 2 N–H and O–H groups in total. The van der Waals surface area contributed by atoms with Gasteiger partial charge < -0.3 is 10.3 Å². The average molecular weight is 235 g/mol. The number of rotatable bonds is 5. The Hall–Kier alpha value is -1.16. The van der Waals surface area contributed by atoms with Crippen LogP contribution in [0.25, 0.3) is 11.0 Å². The molecule has 0 bridgehead atoms. The Kier molecular flexibility index (Phi) is 3.72. The largest absolute Gasteiger partial charge is 0.385 e. The molecule has 0 radical (unpaired) electrons. The van der Waals surface area contributed by atoms with Gasteiger partial charge >= 0.3 is 0 Å². The second-order valence-electron chi connectivity index (χ2n) is 3.83. The van der Waals surface area contributed by atoms with Crippen LogP contribution >= 0.6 is 11.8 Å². The molecule has 3 nitrogen and oxygen atoms in total. The maximum atomic E-state index is 4.38. The summed E-state index contributed by atoms with van der Waals surface area (Å²) in [6.07, 6.45) is 3.33. The number of nitrogens with one attached hydrogen (secondary N) is 2. The molecule has 1 aromatic carbocycles. The first-order valence-corrected chi connectivity index (χ1v) is 6.88. The number of hydrogen-bond donors (Lipinski definition) is 2. The number of benzene rings is 1. The van der Waals surface area contributed by atoms with Crippen molar-refractivity contribution in [3.05, 3.63) is 24.0 Å². The summed E-state index contributed by atoms with van der Waals surface area (Å²) in [5.41, 5.74) is 3.30. The zero-order valence-electron chi connectivity index (χ0n) is 9.71. The van der Waals surface area contributed by atoms with Crippen LogP contribution in [0.2, 0.25) is 0 Å². The van der Waals surface area contributed by atoms with E-state index in [9.17, 15) is 0 Å². The van der Waals surface area contributed by atoms with Gasteiger partial charge in [-0.3, -0.25) is 0 Å². The quantitative estimate of drug-likeness (QED) is 0.783. The summed E-state index contributed by atoms with van der Waals surface area (Å²) in [5.74, 6) is 2.17. The van der Waals surface area contributed by atoms with Crippen molar-refractivity contribution >= 4 is 28.5 Å². The van der Waals surface area contributed by atoms with Gasteiger partial charge in [-0.1, -0.05) is 0 Å². The van der Waals surface area contributed by atoms with Crippen LogP contribution in [0.5, 0.6) is 0 Å². The highest BCUT2D eigenvalue weighted by Crippen LogP contribution is 2.16. The van der Waals surface area contributed by atoms with Crippen molar-refractivity contribution in [3.8, 4) is 0 Å². The highest BCUT2D eigenvalue weighted by molar-refractivity contribution is 7.98. The lowest BCUT2D eigenvalue weighted by Crippen LogP contribution is -2.02. The summed E-state index contributed by atoms with van der Waals surface area (Å²) in [6, 6.07) is 6.26. The first kappa shape index (κ1) is 11.3. The topological polar surface area (TPSA) is 40.7 Å². The fraction of sp³-hybridized carbons (Fsp3) is 0.417. The van der Waals surface area contributed by atoms with Gasteiger partial charge in [0.2, 0.25) is 0 Å². The summed E-state index contributed by atoms with van der Waals surface area (Å²) in [7, 11) is 0. The van der Waals surface area contributed by atoms with Gasteiger partial charge in [0.25, 0.3) is 0 Å². The summed E-state index contributed by atoms with van der Waals surface area (Å²) in [6.45, 7) is 3.00. The molecule has 16 heavy (non-hydrogen) atoms. The van der Waals surface area contributed by atoms with Gasteiger partial charge in [-0.2, -0.15) is 11.8 Å². The molecule has 1 aromatic heterocycles. The highest BCUT2D eigenvalue weighted by Gasteiger charge is 1.99. The Balaban J connectivity index is 2.02. The molecule has 0 fully saturated rings. The zero-order valence-corrected chi connectivity index (χ0v) is 10.5. The van der Waals surface area contributed by atoms with Crippen LogP contribution in [-0.2, 0) is 0 Å². The van der Waals surface area contributed by atoms with Crippen molar-refractivity contribution in [2.24, 2.45) is 0 Å². The van der Waals surface area contributed by atoms with Gasteiger partial charge in [-0.15, -0.1) is 0 Å². The maximum absolute atomic E-state index is 4.38. The molecular weight excluding hydrogens is 218 g/mol. The van der Waals surface area contributed by atoms with Crippen molar-refractivity contribution in [2.75, 3.05) is 23.9 Å². The average Bonchev–Trinajstić information content (AvgIpc) is 2.64. The van der Waals surface area contributed by atoms with Gasteiger partial charge in [-0.05, 0) is 43.6 Å². The van der Waals surface area contributed by atoms with Crippen LogP contribution in [0.1, 0.15) is 12.2 Å². The van der Waals surface area contributed by atoms with Gasteiger partial charge in [0, 0.05) is 12.2 Å². The number of aryl methyl sites for hydroxylation is 1. The molecule has 0 atom stereocenters. The molecule has 4 heteroatoms. The number of fused-ring (bicyclic) bond motifs is 1. The van der Waals surface area contributed by atoms with Gasteiger partial charge in [0.05, 0.1) is 11.0 Å². The van der Waals surface area contributed by atoms with Crippen molar-refractivity contribution in [1.82, 2.24) is 9.97 Å². The Morgan fingerprint density at radius 3 is 3.12 bits per heavy atom. The SMILES string of the molecule is CSCCCNc1ccc2nc(C)[nH]c2c1. The predicted octanol–water partition coefficient (Wildman–Crippen LogP) is 3.04. The van der Waals surface area contributed by atoms with E-state index in [0.29, 0.717) is 0 Å². The molecule has 0 saturated carbocycles. The molecule has 0 aliphatic heterocycles. The molecule has 86 valence electrons. The third-order valence-electron chi connectivity index (χ3n) is 2.45. The number of anilines is 1. The molecular formula is C12H17N3S. The zero-order chi connectivity index (χ0) is 11.4. The highest BCUT2D eigenvalue weighted by atomic mass is 32.2. The number of H-pyrrole nitrogens is 1. The molecule has 2 rings (SSSR count). The second-order valence-corrected chi connectivity index (χ2v) is 4.81. The van der Waals surface area contributed by atoms with Crippen molar-refractivity contribution in [3.63, 3.8) is 0 Å². The Labute approximate surface area is 100 Å². The third kappa shape index (κ3) is 2.70. The van der Waals surface area contributed by atoms with Crippen molar-refractivity contribution < 1.29 is 0 Å². The molecule has 1 heterocycles. The van der Waals surface area contributed by atoms with Crippen LogP contribution in [0.3, 0.4) is 0 Å². The lowest BCUT2D eigenvalue weighted by Gasteiger charge is -2.05. The predicted molar refractivity (Wildman–Crippen MR) is 72.3 cm³/mol. The number of aromatic amines is 1. The fourth-order valence-electron chi connectivity index (χ4n) is 1.70. The Morgan fingerprint density at radius 1 is 1.44 bits per heavy atom. The van der Waals surface area contributed by atoms with E-state index in [0.717, 1.165) is 29.1 Å². The van der Waals surface area contributed by atoms with Gasteiger partial charge in [-0.25, -0.2) is 4.98 Å². The lowest BCUT2D eigenvalue weighted by atomic mass is 10.2. The second kappa shape index (κ2) is 5.25. The first-order chi connectivity index (χ1) is 7.79. The van der Waals surface area contributed by atoms with Crippen LogP contribution in [-0.4, -0.2) is 28.5 Å². The van der Waals surface area contributed by atoms with Crippen LogP contribution in [0.15, 0.2) is 18.2 Å². The van der Waals surface area contributed by atoms with E-state index < -0.39 is 0 Å². The fourth-order valence-corrected chi connectivity index (χ4v) is 2.13. The molecule has 0 amide bonds. The Bertz CT molecular complexity index is 464. The first-order valence-electron chi connectivity index (χ1n) is 5.49. The van der Waals surface area contributed by atoms with E-state index in [1.54, 1.807) is 0 Å². The standard InChI is InChI=1S/C12H17N3S/c1-9-14-11-5-4-10(8-12(11)15-9)13-6-3-7-16-2/h4-5,8,13H,3,6-7H2,1-2H3,(H,14,15). The number of hydrogen-bond acceptors (Lipinski definition) is 3. The molecule has 0 aliphatic carbocycles. The summed E-state index contributed by atoms with van der Waals surface area (Å²) < 4.78 is 0. The summed E-state index contributed by atoms with van der Waals surface area (Å²) in [4.78, 5) is 7.62. The van der Waals surface area contributed by atoms with E-state index in [2.05, 4.69) is 39.7 Å². The maximum Gasteiger partial charge on any atom is 0.104 e. The number of nitrogens with zero attached hydrogens (tertiary/aromatic N) is 1. The van der Waals surface area contributed by atoms with Gasteiger partial charge in [0.15, 0.2) is 0 Å². The molecule has 0 unspecified atom stereocenters.